The lowest BCUT2D eigenvalue weighted by Crippen LogP contribution is -2.49. The van der Waals surface area contributed by atoms with Gasteiger partial charge in [0.2, 0.25) is 11.8 Å². The minimum absolute atomic E-state index is 0.0505. The first-order chi connectivity index (χ1) is 32.3. The molecule has 4 aliphatic heterocycles. The van der Waals surface area contributed by atoms with Crippen LogP contribution in [0.25, 0.3) is 22.3 Å². The van der Waals surface area contributed by atoms with Crippen LogP contribution >= 0.6 is 0 Å². The summed E-state index contributed by atoms with van der Waals surface area (Å²) in [4.78, 5) is 63.5. The van der Waals surface area contributed by atoms with Crippen molar-refractivity contribution in [3.05, 3.63) is 117 Å². The maximum Gasteiger partial charge on any atom is 0.257 e. The van der Waals surface area contributed by atoms with Gasteiger partial charge in [-0.1, -0.05) is 6.08 Å². The Hall–Kier alpha value is -6.46. The molecule has 0 spiro atoms. The lowest BCUT2D eigenvalue weighted by molar-refractivity contribution is -0.133. The first-order valence-corrected chi connectivity index (χ1v) is 23.2. The molecule has 3 fully saturated rings. The maximum absolute atomic E-state index is 16.1. The Bertz CT molecular complexity index is 2800. The third kappa shape index (κ3) is 9.31. The number of hydrogen-bond acceptors (Lipinski definition) is 10. The molecule has 3 amide bonds. The molecule has 17 heteroatoms. The number of anilines is 3. The van der Waals surface area contributed by atoms with Crippen LogP contribution in [0.1, 0.15) is 72.2 Å². The quantitative estimate of drug-likeness (QED) is 0.131. The van der Waals surface area contributed by atoms with Crippen LogP contribution in [0.2, 0.25) is 0 Å². The van der Waals surface area contributed by atoms with Gasteiger partial charge < -0.3 is 25.0 Å². The summed E-state index contributed by atoms with van der Waals surface area (Å²) in [7, 11) is 3.50. The van der Waals surface area contributed by atoms with E-state index in [1.807, 2.05) is 40.5 Å². The monoisotopic (exact) mass is 918 g/mol. The highest BCUT2D eigenvalue weighted by atomic mass is 19.1. The molecule has 0 radical (unpaired) electrons. The van der Waals surface area contributed by atoms with Crippen molar-refractivity contribution < 1.29 is 27.6 Å². The van der Waals surface area contributed by atoms with Crippen LogP contribution in [0.5, 0.6) is 0 Å². The third-order valence-electron chi connectivity index (χ3n) is 14.2. The molecule has 352 valence electrons. The van der Waals surface area contributed by atoms with E-state index in [2.05, 4.69) is 43.7 Å². The molecule has 0 bridgehead atoms. The summed E-state index contributed by atoms with van der Waals surface area (Å²) in [6.07, 6.45) is 7.81. The van der Waals surface area contributed by atoms with E-state index < -0.39 is 23.6 Å². The Kier molecular flexibility index (Phi) is 13.0. The fourth-order valence-electron chi connectivity index (χ4n) is 10.4. The second-order valence-electron chi connectivity index (χ2n) is 18.3. The van der Waals surface area contributed by atoms with Crippen molar-refractivity contribution in [3.8, 4) is 5.69 Å². The third-order valence-corrected chi connectivity index (χ3v) is 14.2. The average molecular weight is 919 g/mol. The predicted octanol–water partition coefficient (Wildman–Crippen LogP) is 6.23. The van der Waals surface area contributed by atoms with Gasteiger partial charge in [-0.3, -0.25) is 38.9 Å². The first-order valence-electron chi connectivity index (χ1n) is 23.2. The molecular weight excluding hydrogens is 862 g/mol. The van der Waals surface area contributed by atoms with Crippen LogP contribution in [0.4, 0.5) is 30.2 Å². The highest BCUT2D eigenvalue weighted by Crippen LogP contribution is 2.35. The molecule has 7 heterocycles. The topological polar surface area (TPSA) is 140 Å². The second kappa shape index (κ2) is 19.0. The summed E-state index contributed by atoms with van der Waals surface area (Å²) < 4.78 is 49.4. The summed E-state index contributed by atoms with van der Waals surface area (Å²) in [5.74, 6) is -1.73. The second-order valence-corrected chi connectivity index (χ2v) is 18.3. The van der Waals surface area contributed by atoms with E-state index in [1.165, 1.54) is 29.0 Å². The Morgan fingerprint density at radius 3 is 2.34 bits per heavy atom. The standard InChI is InChI=1S/C50H57F3N10O4/c1-30-23-34(50(67)62-15-10-32(11-16-62)28-59-19-21-61(22-20-59)43-7-5-35(25-37(43)51)56-40-6-8-45(64)57-49(40)66)24-38(52)47(30)33-12-17-60(18-13-33)31(2)44-26-36-42(9-14-55-48(36)58(44)4)63-29-39(53)41(54-3)27-46(63)65/h5,7,9,12,14,23-27,29,31-32,40,54,56H,6,8,10-11,13,15-22,28H2,1-4H3,(H,57,64,66). The highest BCUT2D eigenvalue weighted by Gasteiger charge is 2.31. The smallest absolute Gasteiger partial charge is 0.257 e. The molecule has 14 nitrogen and oxygen atoms in total. The molecule has 2 atom stereocenters. The van der Waals surface area contributed by atoms with Crippen molar-refractivity contribution in [2.24, 2.45) is 13.0 Å². The molecule has 3 N–H and O–H groups in total. The number of carbonyl (C=O) groups excluding carboxylic acids is 3. The summed E-state index contributed by atoms with van der Waals surface area (Å²) in [5, 5.41) is 8.79. The number of aromatic nitrogens is 3. The zero-order valence-electron chi connectivity index (χ0n) is 38.4. The lowest BCUT2D eigenvalue weighted by Gasteiger charge is -2.39. The van der Waals surface area contributed by atoms with Gasteiger partial charge in [0, 0.05) is 126 Å². The number of rotatable bonds is 11. The number of aryl methyl sites for hydroxylation is 2. The number of nitrogens with one attached hydrogen (secondary N) is 3. The van der Waals surface area contributed by atoms with E-state index in [0.717, 1.165) is 54.7 Å². The minimum atomic E-state index is -0.578. The zero-order chi connectivity index (χ0) is 47.1. The molecule has 2 aromatic carbocycles. The molecular formula is C50H57F3N10O4. The van der Waals surface area contributed by atoms with Crippen molar-refractivity contribution in [3.63, 3.8) is 0 Å². The molecule has 3 aromatic heterocycles. The van der Waals surface area contributed by atoms with Crippen LogP contribution in [-0.4, -0.2) is 119 Å². The number of hydrogen-bond donors (Lipinski definition) is 3. The summed E-state index contributed by atoms with van der Waals surface area (Å²) in [5.41, 5.74) is 5.51. The average Bonchev–Trinajstić information content (AvgIpc) is 3.66. The Balaban J connectivity index is 0.769. The lowest BCUT2D eigenvalue weighted by atomic mass is 9.92. The zero-order valence-corrected chi connectivity index (χ0v) is 38.4. The van der Waals surface area contributed by atoms with E-state index in [1.54, 1.807) is 31.4 Å². The SMILES string of the molecule is CNc1cc(=O)n(-c2ccnc3c2cc(C(C)N2CC=C(c4c(C)cc(C(=O)N5CCC(CN6CCN(c7ccc(NC8CCC(=O)NC8=O)cc7F)CC6)CC5)cc4F)CC2)n3C)cc1F. The Morgan fingerprint density at radius 2 is 1.66 bits per heavy atom. The number of likely N-dealkylation sites (tertiary alicyclic amines) is 1. The number of benzene rings is 2. The summed E-state index contributed by atoms with van der Waals surface area (Å²) in [6.45, 7) is 10.3. The maximum atomic E-state index is 16.1. The molecule has 0 saturated carbocycles. The van der Waals surface area contributed by atoms with Crippen LogP contribution in [0, 0.1) is 30.3 Å². The van der Waals surface area contributed by atoms with Gasteiger partial charge in [-0.15, -0.1) is 0 Å². The van der Waals surface area contributed by atoms with Crippen molar-refractivity contribution in [2.45, 2.75) is 58.0 Å². The van der Waals surface area contributed by atoms with Gasteiger partial charge in [-0.25, -0.2) is 18.2 Å². The molecule has 5 aromatic rings. The van der Waals surface area contributed by atoms with Crippen LogP contribution in [-0.2, 0) is 16.6 Å². The molecule has 3 saturated heterocycles. The number of fused-ring (bicyclic) bond motifs is 1. The van der Waals surface area contributed by atoms with Gasteiger partial charge in [0.05, 0.1) is 23.3 Å². The highest BCUT2D eigenvalue weighted by molar-refractivity contribution is 6.01. The number of imide groups is 1. The van der Waals surface area contributed by atoms with E-state index in [0.29, 0.717) is 91.9 Å². The van der Waals surface area contributed by atoms with Crippen molar-refractivity contribution >= 4 is 51.4 Å². The number of piperidine rings is 2. The van der Waals surface area contributed by atoms with Crippen LogP contribution in [0.3, 0.4) is 0 Å². The van der Waals surface area contributed by atoms with Crippen LogP contribution in [0.15, 0.2) is 71.8 Å². The molecule has 4 aliphatic rings. The molecule has 9 rings (SSSR count). The van der Waals surface area contributed by atoms with Crippen LogP contribution < -0.4 is 26.4 Å². The van der Waals surface area contributed by atoms with Gasteiger partial charge >= 0.3 is 0 Å². The summed E-state index contributed by atoms with van der Waals surface area (Å²) in [6, 6.07) is 12.4. The Morgan fingerprint density at radius 1 is 0.881 bits per heavy atom. The minimum Gasteiger partial charge on any atom is -0.386 e. The van der Waals surface area contributed by atoms with E-state index in [4.69, 9.17) is 0 Å². The van der Waals surface area contributed by atoms with Gasteiger partial charge in [0.25, 0.3) is 11.5 Å². The normalized spacial score (nSPS) is 19.4. The van der Waals surface area contributed by atoms with E-state index in [-0.39, 0.29) is 41.3 Å². The number of pyridine rings is 2. The number of halogens is 3. The largest absolute Gasteiger partial charge is 0.386 e. The van der Waals surface area contributed by atoms with Gasteiger partial charge in [-0.05, 0) is 99.0 Å². The number of carbonyl (C=O) groups is 3. The van der Waals surface area contributed by atoms with E-state index in [9.17, 15) is 23.6 Å². The number of nitrogens with zero attached hydrogens (tertiary/aromatic N) is 7. The fourth-order valence-corrected chi connectivity index (χ4v) is 10.4. The molecule has 2 unspecified atom stereocenters. The van der Waals surface area contributed by atoms with Crippen molar-refractivity contribution in [2.75, 3.05) is 81.5 Å². The van der Waals surface area contributed by atoms with Gasteiger partial charge in [0.15, 0.2) is 5.82 Å². The van der Waals surface area contributed by atoms with Crippen molar-refractivity contribution in [1.82, 2.24) is 34.1 Å². The van der Waals surface area contributed by atoms with E-state index >= 15 is 8.78 Å². The molecule has 0 aliphatic carbocycles. The van der Waals surface area contributed by atoms with Gasteiger partial charge in [-0.2, -0.15) is 0 Å². The van der Waals surface area contributed by atoms with Crippen molar-refractivity contribution in [1.29, 1.82) is 0 Å². The predicted molar refractivity (Wildman–Crippen MR) is 253 cm³/mol. The first kappa shape index (κ1) is 45.7. The molecule has 67 heavy (non-hydrogen) atoms. The summed E-state index contributed by atoms with van der Waals surface area (Å²) >= 11 is 0. The number of amides is 3. The Labute approximate surface area is 387 Å². The fraction of sp³-hybridized carbons (Fsp3) is 0.420. The van der Waals surface area contributed by atoms with Gasteiger partial charge in [0.1, 0.15) is 23.3 Å². The number of piperazine rings is 1.